The second-order valence-electron chi connectivity index (χ2n) is 6.06. The Morgan fingerprint density at radius 1 is 1.23 bits per heavy atom. The van der Waals surface area contributed by atoms with Crippen LogP contribution in [0.15, 0.2) is 29.2 Å². The van der Waals surface area contributed by atoms with Crippen LogP contribution in [0.2, 0.25) is 0 Å². The van der Waals surface area contributed by atoms with Crippen LogP contribution in [0.3, 0.4) is 0 Å². The minimum Gasteiger partial charge on any atom is -0.339 e. The van der Waals surface area contributed by atoms with Gasteiger partial charge in [0.25, 0.3) is 0 Å². The molecule has 0 radical (unpaired) electrons. The first-order valence-corrected chi connectivity index (χ1v) is 9.90. The Morgan fingerprint density at radius 2 is 1.95 bits per heavy atom. The molecule has 5 heteroatoms. The fourth-order valence-electron chi connectivity index (χ4n) is 3.21. The Hall–Kier alpha value is -1.36. The summed E-state index contributed by atoms with van der Waals surface area (Å²) in [7, 11) is -3.31. The van der Waals surface area contributed by atoms with Crippen molar-refractivity contribution in [1.29, 1.82) is 0 Å². The van der Waals surface area contributed by atoms with Crippen molar-refractivity contribution in [2.75, 3.05) is 12.8 Å². The quantitative estimate of drug-likeness (QED) is 0.856. The van der Waals surface area contributed by atoms with E-state index >= 15 is 0 Å². The maximum absolute atomic E-state index is 12.7. The summed E-state index contributed by atoms with van der Waals surface area (Å²) in [6, 6.07) is 7.10. The van der Waals surface area contributed by atoms with E-state index in [0.29, 0.717) is 11.6 Å². The SMILES string of the molecule is CCC1CCCCCN1C(=O)Cc1ccccc1S(C)(=O)=O. The molecule has 0 aliphatic carbocycles. The Bertz CT molecular complexity index is 625. The van der Waals surface area contributed by atoms with Gasteiger partial charge in [0.1, 0.15) is 0 Å². The Kier molecular flexibility index (Phi) is 5.62. The highest BCUT2D eigenvalue weighted by Gasteiger charge is 2.25. The van der Waals surface area contributed by atoms with Gasteiger partial charge >= 0.3 is 0 Å². The number of benzene rings is 1. The van der Waals surface area contributed by atoms with Crippen molar-refractivity contribution in [3.05, 3.63) is 29.8 Å². The van der Waals surface area contributed by atoms with Crippen molar-refractivity contribution in [3.8, 4) is 0 Å². The van der Waals surface area contributed by atoms with E-state index in [0.717, 1.165) is 25.8 Å². The maximum Gasteiger partial charge on any atom is 0.227 e. The number of likely N-dealkylation sites (tertiary alicyclic amines) is 1. The monoisotopic (exact) mass is 323 g/mol. The highest BCUT2D eigenvalue weighted by Crippen LogP contribution is 2.22. The topological polar surface area (TPSA) is 54.5 Å². The fraction of sp³-hybridized carbons (Fsp3) is 0.588. The third-order valence-corrected chi connectivity index (χ3v) is 5.58. The highest BCUT2D eigenvalue weighted by atomic mass is 32.2. The van der Waals surface area contributed by atoms with Crippen LogP contribution in [0.4, 0.5) is 0 Å². The number of sulfone groups is 1. The summed E-state index contributed by atoms with van der Waals surface area (Å²) in [5, 5.41) is 0. The zero-order valence-electron chi connectivity index (χ0n) is 13.4. The Labute approximate surface area is 133 Å². The lowest BCUT2D eigenvalue weighted by atomic mass is 10.1. The van der Waals surface area contributed by atoms with Gasteiger partial charge < -0.3 is 4.90 Å². The average Bonchev–Trinajstić information content (AvgIpc) is 2.71. The number of hydrogen-bond acceptors (Lipinski definition) is 3. The molecule has 1 amide bonds. The zero-order valence-corrected chi connectivity index (χ0v) is 14.2. The average molecular weight is 323 g/mol. The van der Waals surface area contributed by atoms with E-state index in [9.17, 15) is 13.2 Å². The van der Waals surface area contributed by atoms with E-state index in [1.165, 1.54) is 19.1 Å². The molecule has 0 saturated carbocycles. The van der Waals surface area contributed by atoms with Crippen molar-refractivity contribution in [3.63, 3.8) is 0 Å². The van der Waals surface area contributed by atoms with E-state index in [4.69, 9.17) is 0 Å². The largest absolute Gasteiger partial charge is 0.339 e. The van der Waals surface area contributed by atoms with Crippen LogP contribution in [0.25, 0.3) is 0 Å². The predicted molar refractivity (Wildman–Crippen MR) is 87.5 cm³/mol. The number of carbonyl (C=O) groups excluding carboxylic acids is 1. The molecule has 1 aromatic carbocycles. The third kappa shape index (κ3) is 4.09. The van der Waals surface area contributed by atoms with Gasteiger partial charge in [-0.1, -0.05) is 38.0 Å². The molecule has 1 fully saturated rings. The Morgan fingerprint density at radius 3 is 2.64 bits per heavy atom. The second-order valence-corrected chi connectivity index (χ2v) is 8.04. The van der Waals surface area contributed by atoms with Gasteiger partial charge in [-0.25, -0.2) is 8.42 Å². The minimum atomic E-state index is -3.31. The number of amides is 1. The maximum atomic E-state index is 12.7. The number of nitrogens with zero attached hydrogens (tertiary/aromatic N) is 1. The summed E-state index contributed by atoms with van der Waals surface area (Å²) in [6.45, 7) is 2.90. The molecule has 1 heterocycles. The normalized spacial score (nSPS) is 19.7. The fourth-order valence-corrected chi connectivity index (χ4v) is 4.15. The smallest absolute Gasteiger partial charge is 0.227 e. The molecule has 0 bridgehead atoms. The second kappa shape index (κ2) is 7.27. The van der Waals surface area contributed by atoms with Gasteiger partial charge in [0.2, 0.25) is 5.91 Å². The molecule has 0 aromatic heterocycles. The van der Waals surface area contributed by atoms with E-state index in [1.807, 2.05) is 4.90 Å². The van der Waals surface area contributed by atoms with Crippen LogP contribution in [0, 0.1) is 0 Å². The van der Waals surface area contributed by atoms with Crippen LogP contribution in [-0.4, -0.2) is 38.1 Å². The first-order valence-electron chi connectivity index (χ1n) is 8.01. The van der Waals surface area contributed by atoms with Crippen LogP contribution in [0.1, 0.15) is 44.6 Å². The molecular weight excluding hydrogens is 298 g/mol. The molecule has 1 aliphatic rings. The molecular formula is C17H25NO3S. The van der Waals surface area contributed by atoms with E-state index in [1.54, 1.807) is 24.3 Å². The number of rotatable bonds is 4. The summed E-state index contributed by atoms with van der Waals surface area (Å²) in [5.74, 6) is 0.0462. The molecule has 1 unspecified atom stereocenters. The lowest BCUT2D eigenvalue weighted by Crippen LogP contribution is -2.40. The molecule has 122 valence electrons. The van der Waals surface area contributed by atoms with E-state index < -0.39 is 9.84 Å². The third-order valence-electron chi connectivity index (χ3n) is 4.38. The highest BCUT2D eigenvalue weighted by molar-refractivity contribution is 7.90. The van der Waals surface area contributed by atoms with Gasteiger partial charge in [0, 0.05) is 18.8 Å². The van der Waals surface area contributed by atoms with Crippen LogP contribution >= 0.6 is 0 Å². The lowest BCUT2D eigenvalue weighted by Gasteiger charge is -2.29. The summed E-state index contributed by atoms with van der Waals surface area (Å²) in [4.78, 5) is 14.9. The standard InChI is InChI=1S/C17H25NO3S/c1-3-15-10-5-4-8-12-18(15)17(19)13-14-9-6-7-11-16(14)22(2,20)21/h6-7,9,11,15H,3-5,8,10,12-13H2,1-2H3. The first-order chi connectivity index (χ1) is 10.4. The molecule has 22 heavy (non-hydrogen) atoms. The molecule has 1 aliphatic heterocycles. The van der Waals surface area contributed by atoms with E-state index in [-0.39, 0.29) is 17.2 Å². The molecule has 1 aromatic rings. The Balaban J connectivity index is 2.21. The number of hydrogen-bond donors (Lipinski definition) is 0. The lowest BCUT2D eigenvalue weighted by molar-refractivity contribution is -0.132. The van der Waals surface area contributed by atoms with E-state index in [2.05, 4.69) is 6.92 Å². The van der Waals surface area contributed by atoms with Crippen molar-refractivity contribution in [2.45, 2.75) is 56.4 Å². The van der Waals surface area contributed by atoms with Gasteiger partial charge in [-0.05, 0) is 30.9 Å². The molecule has 1 atom stereocenters. The summed E-state index contributed by atoms with van der Waals surface area (Å²) in [6.07, 6.45) is 6.74. The molecule has 0 spiro atoms. The molecule has 4 nitrogen and oxygen atoms in total. The van der Waals surface area contributed by atoms with Gasteiger partial charge in [0.15, 0.2) is 9.84 Å². The molecule has 1 saturated heterocycles. The van der Waals surface area contributed by atoms with Crippen molar-refractivity contribution in [2.24, 2.45) is 0 Å². The van der Waals surface area contributed by atoms with Crippen molar-refractivity contribution in [1.82, 2.24) is 4.90 Å². The zero-order chi connectivity index (χ0) is 16.2. The van der Waals surface area contributed by atoms with Crippen LogP contribution in [0.5, 0.6) is 0 Å². The number of carbonyl (C=O) groups is 1. The predicted octanol–water partition coefficient (Wildman–Crippen LogP) is 2.81. The van der Waals surface area contributed by atoms with Gasteiger partial charge in [0.05, 0.1) is 11.3 Å². The summed E-state index contributed by atoms with van der Waals surface area (Å²) < 4.78 is 23.7. The first kappa shape index (κ1) is 17.0. The summed E-state index contributed by atoms with van der Waals surface area (Å²) in [5.41, 5.74) is 0.606. The van der Waals surface area contributed by atoms with Gasteiger partial charge in [-0.2, -0.15) is 0 Å². The van der Waals surface area contributed by atoms with Crippen molar-refractivity contribution < 1.29 is 13.2 Å². The van der Waals surface area contributed by atoms with Crippen LogP contribution < -0.4 is 0 Å². The molecule has 0 N–H and O–H groups in total. The van der Waals surface area contributed by atoms with Crippen molar-refractivity contribution >= 4 is 15.7 Å². The van der Waals surface area contributed by atoms with Gasteiger partial charge in [-0.15, -0.1) is 0 Å². The molecule has 2 rings (SSSR count). The van der Waals surface area contributed by atoms with Gasteiger partial charge in [-0.3, -0.25) is 4.79 Å². The summed E-state index contributed by atoms with van der Waals surface area (Å²) >= 11 is 0. The minimum absolute atomic E-state index is 0.0462. The van der Waals surface area contributed by atoms with Crippen LogP contribution in [-0.2, 0) is 21.1 Å².